The lowest BCUT2D eigenvalue weighted by Crippen LogP contribution is -2.23. The topological polar surface area (TPSA) is 44.8 Å². The molecule has 2 atom stereocenters. The number of hydrogen-bond acceptors (Lipinski definition) is 4. The van der Waals surface area contributed by atoms with Crippen molar-refractivity contribution in [2.24, 2.45) is 0 Å². The number of ether oxygens (including phenoxy) is 2. The van der Waals surface area contributed by atoms with Gasteiger partial charge in [0.1, 0.15) is 11.5 Å². The van der Waals surface area contributed by atoms with Gasteiger partial charge in [-0.3, -0.25) is 0 Å². The van der Waals surface area contributed by atoms with E-state index < -0.39 is 20.3 Å². The van der Waals surface area contributed by atoms with E-state index in [1.807, 2.05) is 61.1 Å². The van der Waals surface area contributed by atoms with E-state index in [0.717, 1.165) is 20.9 Å². The summed E-state index contributed by atoms with van der Waals surface area (Å²) in [6.07, 6.45) is 0. The van der Waals surface area contributed by atoms with E-state index in [4.69, 9.17) is 36.9 Å². The van der Waals surface area contributed by atoms with Gasteiger partial charge in [-0.15, -0.1) is 0 Å². The fourth-order valence-corrected chi connectivity index (χ4v) is 11.8. The second-order valence-electron chi connectivity index (χ2n) is 8.44. The average Bonchev–Trinajstić information content (AvgIpc) is 3.25. The molecule has 0 saturated heterocycles. The molecule has 0 N–H and O–H groups in total. The fraction of sp³-hybridized carbons (Fsp3) is 0.320. The van der Waals surface area contributed by atoms with E-state index in [0.29, 0.717) is 21.6 Å². The van der Waals surface area contributed by atoms with Gasteiger partial charge in [0.05, 0.1) is 24.3 Å². The SMILES string of the molecule is COc1ccc2c(c1)C(Cl)=CS2(OC(=O)S1(C(C)C)C=C(Cl)c2cc(OC)ccc21)C(C)C. The third-order valence-electron chi connectivity index (χ3n) is 6.09. The highest BCUT2D eigenvalue weighted by Gasteiger charge is 2.48. The van der Waals surface area contributed by atoms with Crippen molar-refractivity contribution >= 4 is 58.9 Å². The third kappa shape index (κ3) is 3.66. The summed E-state index contributed by atoms with van der Waals surface area (Å²) in [5, 5.41) is 4.77. The Kier molecular flexibility index (Phi) is 6.51. The molecule has 2 aromatic rings. The number of carbonyl (C=O) groups excluding carboxylic acids is 1. The van der Waals surface area contributed by atoms with Gasteiger partial charge in [0.2, 0.25) is 0 Å². The molecule has 33 heavy (non-hydrogen) atoms. The predicted octanol–water partition coefficient (Wildman–Crippen LogP) is 8.70. The highest BCUT2D eigenvalue weighted by Crippen LogP contribution is 2.75. The number of fused-ring (bicyclic) bond motifs is 2. The number of carbonyl (C=O) groups is 1. The number of benzene rings is 2. The zero-order valence-electron chi connectivity index (χ0n) is 19.5. The normalized spacial score (nSPS) is 27.1. The first-order chi connectivity index (χ1) is 15.6. The Labute approximate surface area is 208 Å². The standard InChI is InChI=1S/C25H28Cl2O4S2/c1-15(2)32(13-21(26)19-11-17(29-5)7-9-23(19)32)25(28)31-33(16(3)4)14-22(27)20-12-18(30-6)8-10-24(20)33/h7-16H,1-6H3. The summed E-state index contributed by atoms with van der Waals surface area (Å²) >= 11 is 13.3. The van der Waals surface area contributed by atoms with Crippen LogP contribution in [0, 0.1) is 0 Å². The maximum atomic E-state index is 14.2. The molecule has 0 aliphatic carbocycles. The zero-order chi connectivity index (χ0) is 24.1. The summed E-state index contributed by atoms with van der Waals surface area (Å²) in [5.74, 6) is 1.41. The molecule has 0 spiro atoms. The first-order valence-corrected chi connectivity index (χ1v) is 14.8. The van der Waals surface area contributed by atoms with Crippen LogP contribution in [-0.4, -0.2) is 30.0 Å². The summed E-state index contributed by atoms with van der Waals surface area (Å²) in [7, 11) is -1.06. The fourth-order valence-electron chi connectivity index (χ4n) is 4.23. The largest absolute Gasteiger partial charge is 0.497 e. The Morgan fingerprint density at radius 1 is 0.788 bits per heavy atom. The average molecular weight is 528 g/mol. The lowest BCUT2D eigenvalue weighted by molar-refractivity contribution is 0.231. The molecule has 8 heteroatoms. The summed E-state index contributed by atoms with van der Waals surface area (Å²) in [6.45, 7) is 8.22. The van der Waals surface area contributed by atoms with Crippen molar-refractivity contribution in [3.05, 3.63) is 58.3 Å². The van der Waals surface area contributed by atoms with Crippen LogP contribution in [0.2, 0.25) is 0 Å². The molecular weight excluding hydrogens is 499 g/mol. The molecule has 2 unspecified atom stereocenters. The van der Waals surface area contributed by atoms with Crippen LogP contribution in [-0.2, 0) is 4.18 Å². The Morgan fingerprint density at radius 3 is 1.82 bits per heavy atom. The van der Waals surface area contributed by atoms with Crippen molar-refractivity contribution in [3.8, 4) is 11.5 Å². The van der Waals surface area contributed by atoms with Gasteiger partial charge in [-0.1, -0.05) is 60.9 Å². The quantitative estimate of drug-likeness (QED) is 0.390. The molecule has 2 aromatic carbocycles. The second-order valence-corrected chi connectivity index (χ2v) is 15.7. The van der Waals surface area contributed by atoms with E-state index in [-0.39, 0.29) is 15.8 Å². The van der Waals surface area contributed by atoms with Crippen molar-refractivity contribution < 1.29 is 18.5 Å². The Hall–Kier alpha value is -1.73. The maximum Gasteiger partial charge on any atom is 0.368 e. The molecule has 0 amide bonds. The van der Waals surface area contributed by atoms with Crippen molar-refractivity contribution in [1.29, 1.82) is 0 Å². The molecule has 4 nitrogen and oxygen atoms in total. The lowest BCUT2D eigenvalue weighted by Gasteiger charge is -2.43. The monoisotopic (exact) mass is 526 g/mol. The molecule has 0 saturated carbocycles. The van der Waals surface area contributed by atoms with Gasteiger partial charge in [-0.2, -0.15) is 0 Å². The van der Waals surface area contributed by atoms with Crippen molar-refractivity contribution in [1.82, 2.24) is 0 Å². The number of halogens is 2. The Bertz CT molecular complexity index is 1190. The highest BCUT2D eigenvalue weighted by atomic mass is 35.5. The first-order valence-electron chi connectivity index (χ1n) is 10.6. The van der Waals surface area contributed by atoms with Crippen LogP contribution in [0.5, 0.6) is 11.5 Å². The van der Waals surface area contributed by atoms with Gasteiger partial charge >= 0.3 is 5.30 Å². The third-order valence-corrected chi connectivity index (χ3v) is 14.3. The molecular formula is C25H28Cl2O4S2. The van der Waals surface area contributed by atoms with Gasteiger partial charge in [0, 0.05) is 36.8 Å². The van der Waals surface area contributed by atoms with Crippen LogP contribution >= 0.6 is 43.5 Å². The summed E-state index contributed by atoms with van der Waals surface area (Å²) in [5.41, 5.74) is 1.68. The van der Waals surface area contributed by atoms with Crippen LogP contribution in [0.1, 0.15) is 38.8 Å². The van der Waals surface area contributed by atoms with Crippen LogP contribution in [0.15, 0.2) is 57.0 Å². The van der Waals surface area contributed by atoms with Crippen LogP contribution in [0.3, 0.4) is 0 Å². The minimum Gasteiger partial charge on any atom is -0.497 e. The molecule has 0 bridgehead atoms. The predicted molar refractivity (Wildman–Crippen MR) is 142 cm³/mol. The van der Waals surface area contributed by atoms with Crippen LogP contribution in [0.25, 0.3) is 10.1 Å². The zero-order valence-corrected chi connectivity index (χ0v) is 22.6. The number of rotatable bonds is 5. The molecule has 2 aliphatic heterocycles. The highest BCUT2D eigenvalue weighted by molar-refractivity contribution is 8.48. The Balaban J connectivity index is 1.83. The summed E-state index contributed by atoms with van der Waals surface area (Å²) in [6, 6.07) is 11.5. The Morgan fingerprint density at radius 2 is 1.30 bits per heavy atom. The van der Waals surface area contributed by atoms with Crippen molar-refractivity contribution in [2.45, 2.75) is 48.0 Å². The molecule has 2 heterocycles. The van der Waals surface area contributed by atoms with Gasteiger partial charge in [-0.05, 0) is 52.1 Å². The second kappa shape index (κ2) is 8.81. The van der Waals surface area contributed by atoms with E-state index in [9.17, 15) is 4.79 Å². The minimum atomic E-state index is -2.17. The van der Waals surface area contributed by atoms with Gasteiger partial charge in [0.15, 0.2) is 0 Å². The minimum absolute atomic E-state index is 0.00630. The van der Waals surface area contributed by atoms with E-state index in [1.165, 1.54) is 0 Å². The van der Waals surface area contributed by atoms with Crippen LogP contribution in [0.4, 0.5) is 4.79 Å². The molecule has 0 aromatic heterocycles. The van der Waals surface area contributed by atoms with Crippen molar-refractivity contribution in [3.63, 3.8) is 0 Å². The van der Waals surface area contributed by atoms with Gasteiger partial charge in [0.25, 0.3) is 0 Å². The van der Waals surface area contributed by atoms with Crippen LogP contribution < -0.4 is 9.47 Å². The molecule has 0 radical (unpaired) electrons. The van der Waals surface area contributed by atoms with Crippen molar-refractivity contribution in [2.75, 3.05) is 14.2 Å². The summed E-state index contributed by atoms with van der Waals surface area (Å²) in [4.78, 5) is 16.0. The van der Waals surface area contributed by atoms with E-state index in [1.54, 1.807) is 14.2 Å². The lowest BCUT2D eigenvalue weighted by atomic mass is 10.2. The first kappa shape index (κ1) is 24.4. The van der Waals surface area contributed by atoms with Gasteiger partial charge in [-0.25, -0.2) is 4.79 Å². The molecule has 2 aliphatic rings. The number of hydrogen-bond donors (Lipinski definition) is 0. The molecule has 178 valence electrons. The molecule has 0 fully saturated rings. The van der Waals surface area contributed by atoms with E-state index >= 15 is 0 Å². The number of methoxy groups -OCH3 is 2. The van der Waals surface area contributed by atoms with E-state index in [2.05, 4.69) is 13.8 Å². The summed E-state index contributed by atoms with van der Waals surface area (Å²) < 4.78 is 17.4. The molecule has 4 rings (SSSR count). The maximum absolute atomic E-state index is 14.2. The van der Waals surface area contributed by atoms with Gasteiger partial charge < -0.3 is 13.7 Å². The smallest absolute Gasteiger partial charge is 0.368 e.